The average Bonchev–Trinajstić information content (AvgIpc) is 1.85. The zero-order valence-electron chi connectivity index (χ0n) is 6.07. The molecule has 0 aromatic rings. The van der Waals surface area contributed by atoms with Crippen LogP contribution in [0.1, 0.15) is 26.2 Å². The van der Waals surface area contributed by atoms with Gasteiger partial charge in [-0.3, -0.25) is 0 Å². The third-order valence-corrected chi connectivity index (χ3v) is 1.92. The Morgan fingerprint density at radius 2 is 2.22 bits per heavy atom. The van der Waals surface area contributed by atoms with Gasteiger partial charge in [-0.05, 0) is 25.2 Å². The lowest BCUT2D eigenvalue weighted by atomic mass is 10.0. The molecule has 0 nitrogen and oxygen atoms in total. The molecule has 0 aliphatic heterocycles. The van der Waals surface area contributed by atoms with Crippen LogP contribution in [0.2, 0.25) is 0 Å². The molecule has 1 atom stereocenters. The van der Waals surface area contributed by atoms with Crippen molar-refractivity contribution in [2.24, 2.45) is 5.92 Å². The van der Waals surface area contributed by atoms with Crippen LogP contribution in [0.25, 0.3) is 0 Å². The van der Waals surface area contributed by atoms with Gasteiger partial charge in [-0.1, -0.05) is 28.9 Å². The molecule has 0 rings (SSSR count). The monoisotopic (exact) mass is 190 g/mol. The molecule has 0 aromatic carbocycles. The summed E-state index contributed by atoms with van der Waals surface area (Å²) in [6, 6.07) is 0. The van der Waals surface area contributed by atoms with Crippen LogP contribution in [0.4, 0.5) is 0 Å². The van der Waals surface area contributed by atoms with E-state index in [9.17, 15) is 0 Å². The molecular formula is C8H15Br. The van der Waals surface area contributed by atoms with Crippen LogP contribution < -0.4 is 0 Å². The van der Waals surface area contributed by atoms with E-state index in [1.165, 1.54) is 12.8 Å². The van der Waals surface area contributed by atoms with Gasteiger partial charge in [-0.25, -0.2) is 0 Å². The van der Waals surface area contributed by atoms with Crippen molar-refractivity contribution in [2.45, 2.75) is 26.2 Å². The summed E-state index contributed by atoms with van der Waals surface area (Å²) in [6.45, 7) is 5.96. The van der Waals surface area contributed by atoms with Gasteiger partial charge < -0.3 is 0 Å². The lowest BCUT2D eigenvalue weighted by Crippen LogP contribution is -1.93. The summed E-state index contributed by atoms with van der Waals surface area (Å²) in [4.78, 5) is 0. The normalized spacial score (nSPS) is 13.1. The first-order chi connectivity index (χ1) is 4.31. The van der Waals surface area contributed by atoms with Gasteiger partial charge in [-0.2, -0.15) is 0 Å². The Bertz CT molecular complexity index is 69.0. The van der Waals surface area contributed by atoms with E-state index in [0.717, 1.165) is 17.7 Å². The van der Waals surface area contributed by atoms with Crippen molar-refractivity contribution in [1.29, 1.82) is 0 Å². The molecule has 1 unspecified atom stereocenters. The number of alkyl halides is 1. The molecule has 0 N–H and O–H groups in total. The van der Waals surface area contributed by atoms with E-state index in [4.69, 9.17) is 0 Å². The standard InChI is InChI=1S/C8H15Br/c1-3-4-5-8(2)6-7-9/h3,8H,1,4-7H2,2H3. The predicted octanol–water partition coefficient (Wildman–Crippen LogP) is 3.37. The number of allylic oxidation sites excluding steroid dienone is 1. The minimum Gasteiger partial charge on any atom is -0.103 e. The van der Waals surface area contributed by atoms with Crippen molar-refractivity contribution in [1.82, 2.24) is 0 Å². The van der Waals surface area contributed by atoms with E-state index in [0.29, 0.717) is 0 Å². The summed E-state index contributed by atoms with van der Waals surface area (Å²) < 4.78 is 0. The molecule has 9 heavy (non-hydrogen) atoms. The largest absolute Gasteiger partial charge is 0.103 e. The van der Waals surface area contributed by atoms with E-state index in [1.54, 1.807) is 0 Å². The molecule has 54 valence electrons. The molecule has 0 saturated carbocycles. The first kappa shape index (κ1) is 9.22. The number of halogens is 1. The van der Waals surface area contributed by atoms with Gasteiger partial charge in [-0.15, -0.1) is 6.58 Å². The third kappa shape index (κ3) is 6.10. The molecule has 0 bridgehead atoms. The second kappa shape index (κ2) is 6.34. The fourth-order valence-corrected chi connectivity index (χ4v) is 1.51. The molecule has 0 radical (unpaired) electrons. The SMILES string of the molecule is C=CCCC(C)CCBr. The maximum absolute atomic E-state index is 3.68. The second-order valence-electron chi connectivity index (χ2n) is 2.45. The zero-order chi connectivity index (χ0) is 7.11. The molecule has 0 aliphatic carbocycles. The van der Waals surface area contributed by atoms with Gasteiger partial charge in [0.05, 0.1) is 0 Å². The van der Waals surface area contributed by atoms with Crippen molar-refractivity contribution < 1.29 is 0 Å². The molecule has 0 heterocycles. The Kier molecular flexibility index (Phi) is 6.50. The van der Waals surface area contributed by atoms with E-state index in [2.05, 4.69) is 29.4 Å². The lowest BCUT2D eigenvalue weighted by Gasteiger charge is -2.05. The summed E-state index contributed by atoms with van der Waals surface area (Å²) in [5.41, 5.74) is 0. The minimum absolute atomic E-state index is 0.849. The minimum atomic E-state index is 0.849. The van der Waals surface area contributed by atoms with E-state index in [-0.39, 0.29) is 0 Å². The first-order valence-electron chi connectivity index (χ1n) is 3.48. The molecule has 0 aromatic heterocycles. The van der Waals surface area contributed by atoms with Gasteiger partial charge in [0.2, 0.25) is 0 Å². The van der Waals surface area contributed by atoms with Crippen LogP contribution in [0.15, 0.2) is 12.7 Å². The fourth-order valence-electron chi connectivity index (χ4n) is 0.733. The summed E-state index contributed by atoms with van der Waals surface area (Å²) in [7, 11) is 0. The highest BCUT2D eigenvalue weighted by atomic mass is 79.9. The van der Waals surface area contributed by atoms with Gasteiger partial charge in [0.1, 0.15) is 0 Å². The van der Waals surface area contributed by atoms with Crippen molar-refractivity contribution in [3.63, 3.8) is 0 Å². The van der Waals surface area contributed by atoms with Crippen LogP contribution in [0.5, 0.6) is 0 Å². The summed E-state index contributed by atoms with van der Waals surface area (Å²) in [6.07, 6.45) is 5.72. The molecule has 0 spiro atoms. The van der Waals surface area contributed by atoms with Gasteiger partial charge in [0, 0.05) is 5.33 Å². The van der Waals surface area contributed by atoms with Crippen LogP contribution >= 0.6 is 15.9 Å². The quantitative estimate of drug-likeness (QED) is 0.461. The van der Waals surface area contributed by atoms with Crippen molar-refractivity contribution in [3.05, 3.63) is 12.7 Å². The summed E-state index contributed by atoms with van der Waals surface area (Å²) >= 11 is 3.42. The number of rotatable bonds is 5. The van der Waals surface area contributed by atoms with Crippen LogP contribution in [-0.4, -0.2) is 5.33 Å². The Balaban J connectivity index is 3.04. The summed E-state index contributed by atoms with van der Waals surface area (Å²) in [5, 5.41) is 1.13. The molecule has 0 amide bonds. The maximum atomic E-state index is 3.68. The average molecular weight is 191 g/mol. The van der Waals surface area contributed by atoms with Crippen LogP contribution in [-0.2, 0) is 0 Å². The predicted molar refractivity (Wildman–Crippen MR) is 47.0 cm³/mol. The Hall–Kier alpha value is 0.220. The molecule has 0 saturated heterocycles. The van der Waals surface area contributed by atoms with Crippen LogP contribution in [0, 0.1) is 5.92 Å². The molecule has 0 fully saturated rings. The highest BCUT2D eigenvalue weighted by molar-refractivity contribution is 9.09. The molecule has 1 heteroatoms. The number of hydrogen-bond donors (Lipinski definition) is 0. The first-order valence-corrected chi connectivity index (χ1v) is 4.60. The van der Waals surface area contributed by atoms with Gasteiger partial charge in [0.25, 0.3) is 0 Å². The fraction of sp³-hybridized carbons (Fsp3) is 0.750. The van der Waals surface area contributed by atoms with Crippen molar-refractivity contribution in [2.75, 3.05) is 5.33 Å². The number of hydrogen-bond acceptors (Lipinski definition) is 0. The third-order valence-electron chi connectivity index (χ3n) is 1.47. The second-order valence-corrected chi connectivity index (χ2v) is 3.24. The zero-order valence-corrected chi connectivity index (χ0v) is 7.65. The Morgan fingerprint density at radius 1 is 1.56 bits per heavy atom. The maximum Gasteiger partial charge on any atom is 0.00338 e. The van der Waals surface area contributed by atoms with Gasteiger partial charge in [0.15, 0.2) is 0 Å². The van der Waals surface area contributed by atoms with Crippen molar-refractivity contribution >= 4 is 15.9 Å². The molecular weight excluding hydrogens is 176 g/mol. The van der Waals surface area contributed by atoms with E-state index >= 15 is 0 Å². The van der Waals surface area contributed by atoms with E-state index in [1.807, 2.05) is 6.08 Å². The highest BCUT2D eigenvalue weighted by Crippen LogP contribution is 2.11. The summed E-state index contributed by atoms with van der Waals surface area (Å²) in [5.74, 6) is 0.849. The Morgan fingerprint density at radius 3 is 2.67 bits per heavy atom. The highest BCUT2D eigenvalue weighted by Gasteiger charge is 1.97. The van der Waals surface area contributed by atoms with Gasteiger partial charge >= 0.3 is 0 Å². The van der Waals surface area contributed by atoms with Crippen LogP contribution in [0.3, 0.4) is 0 Å². The molecule has 0 aliphatic rings. The van der Waals surface area contributed by atoms with Crippen molar-refractivity contribution in [3.8, 4) is 0 Å². The topological polar surface area (TPSA) is 0 Å². The Labute approximate surface area is 66.5 Å². The van der Waals surface area contributed by atoms with E-state index < -0.39 is 0 Å². The smallest absolute Gasteiger partial charge is 0.00338 e. The lowest BCUT2D eigenvalue weighted by molar-refractivity contribution is 0.527.